The zero-order chi connectivity index (χ0) is 21.7. The maximum absolute atomic E-state index is 13.2. The largest absolute Gasteiger partial charge is 0.454 e. The van der Waals surface area contributed by atoms with E-state index in [0.29, 0.717) is 11.7 Å². The van der Waals surface area contributed by atoms with Crippen molar-refractivity contribution in [3.8, 4) is 11.5 Å². The van der Waals surface area contributed by atoms with Crippen LogP contribution in [-0.2, 0) is 18.7 Å². The number of nitrogens with zero attached hydrogens (tertiary/aromatic N) is 2. The van der Waals surface area contributed by atoms with Gasteiger partial charge in [0.15, 0.2) is 11.5 Å². The number of rotatable bonds is 6. The van der Waals surface area contributed by atoms with E-state index in [1.807, 2.05) is 30.3 Å². The van der Waals surface area contributed by atoms with Crippen LogP contribution in [0, 0.1) is 5.92 Å². The number of benzene rings is 2. The van der Waals surface area contributed by atoms with E-state index in [2.05, 4.69) is 15.9 Å². The number of hydrogen-bond acceptors (Lipinski definition) is 5. The number of piperidine rings is 1. The molecule has 0 atom stereocenters. The number of amides is 1. The molecule has 4 aliphatic rings. The lowest BCUT2D eigenvalue weighted by molar-refractivity contribution is 0.0671. The Morgan fingerprint density at radius 2 is 1.75 bits per heavy atom. The number of likely N-dealkylation sites (tertiary alicyclic amines) is 1. The van der Waals surface area contributed by atoms with Gasteiger partial charge in [-0.15, -0.1) is 0 Å². The topological polar surface area (TPSA) is 62.2 Å². The minimum absolute atomic E-state index is 0.0951. The summed E-state index contributed by atoms with van der Waals surface area (Å²) in [6.45, 7) is 4.23. The van der Waals surface area contributed by atoms with Gasteiger partial charge in [0.05, 0.1) is 12.1 Å². The summed E-state index contributed by atoms with van der Waals surface area (Å²) in [5.41, 5.74) is 4.11. The van der Waals surface area contributed by atoms with Crippen LogP contribution in [0.2, 0.25) is 0 Å². The maximum atomic E-state index is 13.2. The second-order valence-corrected chi connectivity index (χ2v) is 9.67. The van der Waals surface area contributed by atoms with E-state index in [0.717, 1.165) is 67.9 Å². The molecule has 0 bridgehead atoms. The summed E-state index contributed by atoms with van der Waals surface area (Å²) < 4.78 is 11.1. The lowest BCUT2D eigenvalue weighted by Gasteiger charge is -2.34. The Morgan fingerprint density at radius 1 is 1.03 bits per heavy atom. The number of aliphatic hydroxyl groups excluding tert-OH is 1. The molecule has 1 amide bonds. The predicted molar refractivity (Wildman–Crippen MR) is 119 cm³/mol. The van der Waals surface area contributed by atoms with Crippen molar-refractivity contribution in [3.05, 3.63) is 58.7 Å². The van der Waals surface area contributed by atoms with E-state index < -0.39 is 0 Å². The molecule has 0 unspecified atom stereocenters. The second-order valence-electron chi connectivity index (χ2n) is 9.67. The van der Waals surface area contributed by atoms with Gasteiger partial charge in [-0.1, -0.05) is 24.3 Å². The van der Waals surface area contributed by atoms with Gasteiger partial charge in [0.2, 0.25) is 6.79 Å². The smallest absolute Gasteiger partial charge is 0.255 e. The first-order valence-electron chi connectivity index (χ1n) is 11.8. The van der Waals surface area contributed by atoms with Crippen molar-refractivity contribution in [2.45, 2.75) is 50.8 Å². The molecule has 3 heterocycles. The van der Waals surface area contributed by atoms with Crippen LogP contribution in [0.25, 0.3) is 0 Å². The Hall–Kier alpha value is -2.57. The van der Waals surface area contributed by atoms with Gasteiger partial charge in [-0.3, -0.25) is 9.69 Å². The first kappa shape index (κ1) is 20.1. The lowest BCUT2D eigenvalue weighted by atomic mass is 9.92. The molecule has 3 aliphatic heterocycles. The Labute approximate surface area is 188 Å². The quantitative estimate of drug-likeness (QED) is 0.752. The minimum Gasteiger partial charge on any atom is -0.454 e. The van der Waals surface area contributed by atoms with Gasteiger partial charge in [-0.05, 0) is 79.9 Å². The molecule has 6 nitrogen and oxygen atoms in total. The van der Waals surface area contributed by atoms with Crippen LogP contribution in [0.4, 0.5) is 0 Å². The first-order valence-corrected chi connectivity index (χ1v) is 11.8. The van der Waals surface area contributed by atoms with Crippen LogP contribution in [0.1, 0.15) is 59.2 Å². The van der Waals surface area contributed by atoms with Crippen LogP contribution in [0.15, 0.2) is 36.4 Å². The summed E-state index contributed by atoms with van der Waals surface area (Å²) in [5, 5.41) is 9.58. The number of carbonyl (C=O) groups excluding carboxylic acids is 1. The second kappa shape index (κ2) is 7.78. The van der Waals surface area contributed by atoms with E-state index in [9.17, 15) is 9.90 Å². The summed E-state index contributed by atoms with van der Waals surface area (Å²) in [4.78, 5) is 17.9. The highest BCUT2D eigenvalue weighted by Gasteiger charge is 2.58. The van der Waals surface area contributed by atoms with Gasteiger partial charge in [0.25, 0.3) is 5.91 Å². The molecule has 32 heavy (non-hydrogen) atoms. The van der Waals surface area contributed by atoms with E-state index >= 15 is 0 Å². The Balaban J connectivity index is 1.06. The number of ether oxygens (including phenoxy) is 2. The van der Waals surface area contributed by atoms with Crippen molar-refractivity contribution < 1.29 is 19.4 Å². The third kappa shape index (κ3) is 3.28. The summed E-state index contributed by atoms with van der Waals surface area (Å²) in [5.74, 6) is 2.29. The fourth-order valence-electron chi connectivity index (χ4n) is 5.81. The van der Waals surface area contributed by atoms with Crippen LogP contribution in [-0.4, -0.2) is 47.2 Å². The minimum atomic E-state index is -0.0951. The molecule has 6 rings (SSSR count). The first-order chi connectivity index (χ1) is 15.7. The molecule has 6 heteroatoms. The van der Waals surface area contributed by atoms with Gasteiger partial charge in [-0.25, -0.2) is 0 Å². The molecule has 1 N–H and O–H groups in total. The van der Waals surface area contributed by atoms with Crippen molar-refractivity contribution in [3.63, 3.8) is 0 Å². The maximum Gasteiger partial charge on any atom is 0.255 e. The molecule has 2 fully saturated rings. The van der Waals surface area contributed by atoms with Crippen LogP contribution in [0.5, 0.6) is 11.5 Å². The van der Waals surface area contributed by atoms with Crippen molar-refractivity contribution in [2.24, 2.45) is 5.92 Å². The molecule has 1 aliphatic carbocycles. The summed E-state index contributed by atoms with van der Waals surface area (Å²) in [7, 11) is 0. The zero-order valence-corrected chi connectivity index (χ0v) is 18.4. The van der Waals surface area contributed by atoms with Crippen LogP contribution >= 0.6 is 0 Å². The average molecular weight is 435 g/mol. The fraction of sp³-hybridized carbons (Fsp3) is 0.500. The Morgan fingerprint density at radius 3 is 2.47 bits per heavy atom. The standard InChI is InChI=1S/C26H30N2O4/c29-16-20-4-2-1-3-19(20)15-27-10-5-18(6-11-27)7-12-28-25(30)21-13-23-24(32-17-31-23)14-22(21)26(28)8-9-26/h1-4,13-14,18,29H,5-12,15-17H2. The molecule has 0 aromatic heterocycles. The molecule has 168 valence electrons. The summed E-state index contributed by atoms with van der Waals surface area (Å²) >= 11 is 0. The third-order valence-corrected chi connectivity index (χ3v) is 7.88. The van der Waals surface area contributed by atoms with E-state index in [4.69, 9.17) is 9.47 Å². The van der Waals surface area contributed by atoms with E-state index in [1.54, 1.807) is 0 Å². The normalized spacial score (nSPS) is 21.4. The van der Waals surface area contributed by atoms with Gasteiger partial charge < -0.3 is 19.5 Å². The van der Waals surface area contributed by atoms with Gasteiger partial charge >= 0.3 is 0 Å². The summed E-state index contributed by atoms with van der Waals surface area (Å²) in [6.07, 6.45) is 5.50. The van der Waals surface area contributed by atoms with Crippen LogP contribution in [0.3, 0.4) is 0 Å². The van der Waals surface area contributed by atoms with Gasteiger partial charge in [0.1, 0.15) is 0 Å². The van der Waals surface area contributed by atoms with Crippen molar-refractivity contribution >= 4 is 5.91 Å². The number of fused-ring (bicyclic) bond motifs is 3. The van der Waals surface area contributed by atoms with Gasteiger partial charge in [0, 0.05) is 18.7 Å². The molecule has 2 aromatic rings. The Kier molecular flexibility index (Phi) is 4.88. The fourth-order valence-corrected chi connectivity index (χ4v) is 5.81. The van der Waals surface area contributed by atoms with Crippen molar-refractivity contribution in [1.82, 2.24) is 9.80 Å². The molecule has 1 spiro atoms. The average Bonchev–Trinajstić information content (AvgIpc) is 3.43. The third-order valence-electron chi connectivity index (χ3n) is 7.88. The number of carbonyl (C=O) groups is 1. The van der Waals surface area contributed by atoms with Crippen molar-refractivity contribution in [1.29, 1.82) is 0 Å². The molecule has 1 saturated carbocycles. The van der Waals surface area contributed by atoms with Crippen LogP contribution < -0.4 is 9.47 Å². The predicted octanol–water partition coefficient (Wildman–Crippen LogP) is 3.65. The number of hydrogen-bond donors (Lipinski definition) is 1. The highest BCUT2D eigenvalue weighted by atomic mass is 16.7. The zero-order valence-electron chi connectivity index (χ0n) is 18.4. The highest BCUT2D eigenvalue weighted by Crippen LogP contribution is 2.58. The monoisotopic (exact) mass is 434 g/mol. The molecular weight excluding hydrogens is 404 g/mol. The highest BCUT2D eigenvalue weighted by molar-refractivity contribution is 6.01. The van der Waals surface area contributed by atoms with E-state index in [1.165, 1.54) is 18.4 Å². The molecule has 1 saturated heterocycles. The molecule has 2 aromatic carbocycles. The molecule has 0 radical (unpaired) electrons. The van der Waals surface area contributed by atoms with E-state index in [-0.39, 0.29) is 24.8 Å². The lowest BCUT2D eigenvalue weighted by Crippen LogP contribution is -2.38. The van der Waals surface area contributed by atoms with Gasteiger partial charge in [-0.2, -0.15) is 0 Å². The summed E-state index contributed by atoms with van der Waals surface area (Å²) in [6, 6.07) is 12.1. The van der Waals surface area contributed by atoms with Crippen molar-refractivity contribution in [2.75, 3.05) is 26.4 Å². The molecular formula is C26H30N2O4. The SMILES string of the molecule is O=C1c2cc3c(cc2C2(CC2)N1CCC1CCN(Cc2ccccc2CO)CC1)OCO3. The number of aliphatic hydroxyl groups is 1. The Bertz CT molecular complexity index is 1040.